The van der Waals surface area contributed by atoms with Crippen LogP contribution in [0.4, 0.5) is 0 Å². The summed E-state index contributed by atoms with van der Waals surface area (Å²) >= 11 is 0. The van der Waals surface area contributed by atoms with Crippen LogP contribution in [0.1, 0.15) is 116 Å². The summed E-state index contributed by atoms with van der Waals surface area (Å²) in [7, 11) is 0. The van der Waals surface area contributed by atoms with Gasteiger partial charge in [-0.2, -0.15) is 0 Å². The first-order valence-electron chi connectivity index (χ1n) is 15.2. The maximum Gasteiger partial charge on any atom is 0.338 e. The number of hydrogen-bond donors (Lipinski definition) is 0. The quantitative estimate of drug-likeness (QED) is 0.281. The Bertz CT molecular complexity index is 947. The van der Waals surface area contributed by atoms with E-state index < -0.39 is 0 Å². The highest BCUT2D eigenvalue weighted by Gasteiger charge is 2.59. The largest absolute Gasteiger partial charge is 0.458 e. The monoisotopic (exact) mass is 490 g/mol. The molecule has 0 bridgehead atoms. The molecule has 0 unspecified atom stereocenters. The first-order chi connectivity index (χ1) is 17.2. The van der Waals surface area contributed by atoms with Gasteiger partial charge in [0.1, 0.15) is 6.10 Å². The molecule has 5 rings (SSSR count). The average molecular weight is 491 g/mol. The molecule has 0 saturated heterocycles. The summed E-state index contributed by atoms with van der Waals surface area (Å²) < 4.78 is 6.00. The number of fused-ring (bicyclic) bond motifs is 5. The second kappa shape index (κ2) is 10.3. The van der Waals surface area contributed by atoms with E-state index >= 15 is 0 Å². The second-order valence-corrected chi connectivity index (χ2v) is 13.9. The van der Waals surface area contributed by atoms with Crippen LogP contribution in [0.5, 0.6) is 0 Å². The lowest BCUT2D eigenvalue weighted by Gasteiger charge is -2.58. The van der Waals surface area contributed by atoms with Crippen molar-refractivity contribution in [3.8, 4) is 0 Å². The van der Waals surface area contributed by atoms with E-state index in [1.54, 1.807) is 5.57 Å². The second-order valence-electron chi connectivity index (χ2n) is 13.9. The van der Waals surface area contributed by atoms with Gasteiger partial charge in [-0.05, 0) is 103 Å². The van der Waals surface area contributed by atoms with Crippen molar-refractivity contribution >= 4 is 5.97 Å². The lowest BCUT2D eigenvalue weighted by molar-refractivity contribution is -0.0594. The van der Waals surface area contributed by atoms with Crippen LogP contribution in [0.3, 0.4) is 0 Å². The number of benzene rings is 1. The highest BCUT2D eigenvalue weighted by atomic mass is 16.5. The summed E-state index contributed by atoms with van der Waals surface area (Å²) in [6.07, 6.45) is 17.0. The third kappa shape index (κ3) is 4.71. The predicted molar refractivity (Wildman–Crippen MR) is 149 cm³/mol. The molecule has 2 heteroatoms. The van der Waals surface area contributed by atoms with E-state index in [2.05, 4.69) is 40.7 Å². The molecule has 0 N–H and O–H groups in total. The van der Waals surface area contributed by atoms with Crippen molar-refractivity contribution in [3.63, 3.8) is 0 Å². The Morgan fingerprint density at radius 2 is 1.75 bits per heavy atom. The minimum Gasteiger partial charge on any atom is -0.458 e. The van der Waals surface area contributed by atoms with Gasteiger partial charge in [0.2, 0.25) is 0 Å². The van der Waals surface area contributed by atoms with Gasteiger partial charge in [-0.1, -0.05) is 83.7 Å². The molecular formula is C34H50O2. The summed E-state index contributed by atoms with van der Waals surface area (Å²) in [4.78, 5) is 12.7. The normalized spacial score (nSPS) is 38.5. The zero-order valence-electron chi connectivity index (χ0n) is 23.6. The lowest BCUT2D eigenvalue weighted by atomic mass is 9.47. The molecule has 0 aromatic heterocycles. The zero-order valence-corrected chi connectivity index (χ0v) is 23.6. The van der Waals surface area contributed by atoms with Crippen LogP contribution in [-0.4, -0.2) is 12.1 Å². The topological polar surface area (TPSA) is 26.3 Å². The molecule has 3 saturated carbocycles. The Labute approximate surface area is 220 Å². The molecule has 0 radical (unpaired) electrons. The number of carbonyl (C=O) groups is 1. The molecule has 4 aliphatic carbocycles. The first kappa shape index (κ1) is 26.1. The third-order valence-corrected chi connectivity index (χ3v) is 11.5. The van der Waals surface area contributed by atoms with Crippen molar-refractivity contribution in [2.24, 2.45) is 46.3 Å². The van der Waals surface area contributed by atoms with E-state index in [0.29, 0.717) is 16.4 Å². The highest BCUT2D eigenvalue weighted by Crippen LogP contribution is 2.67. The molecular weight excluding hydrogens is 440 g/mol. The summed E-state index contributed by atoms with van der Waals surface area (Å²) in [6, 6.07) is 9.49. The van der Waals surface area contributed by atoms with Gasteiger partial charge in [-0.15, -0.1) is 0 Å². The molecule has 3 fully saturated rings. The Morgan fingerprint density at radius 1 is 0.972 bits per heavy atom. The van der Waals surface area contributed by atoms with Crippen LogP contribution in [0.25, 0.3) is 0 Å². The van der Waals surface area contributed by atoms with E-state index in [1.807, 2.05) is 30.3 Å². The van der Waals surface area contributed by atoms with E-state index in [4.69, 9.17) is 4.74 Å². The van der Waals surface area contributed by atoms with Crippen molar-refractivity contribution in [2.45, 2.75) is 111 Å². The first-order valence-corrected chi connectivity index (χ1v) is 15.2. The molecule has 4 aliphatic rings. The fourth-order valence-corrected chi connectivity index (χ4v) is 9.55. The SMILES string of the molecule is CC(C)CCC[C@@H](C)[C@@H]1CC[C@H]2[C@H]3CC=C4C[C@@H](OC(=O)c5ccccc5)CC[C@]4(C)[C@H]3CC[C@@]21C. The average Bonchev–Trinajstić information content (AvgIpc) is 3.22. The molecule has 0 heterocycles. The van der Waals surface area contributed by atoms with E-state index in [9.17, 15) is 4.79 Å². The van der Waals surface area contributed by atoms with E-state index in [1.165, 1.54) is 57.8 Å². The zero-order chi connectivity index (χ0) is 25.5. The molecule has 0 aliphatic heterocycles. The lowest BCUT2D eigenvalue weighted by Crippen LogP contribution is -2.51. The number of carbonyl (C=O) groups excluding carboxylic acids is 1. The van der Waals surface area contributed by atoms with Crippen LogP contribution >= 0.6 is 0 Å². The van der Waals surface area contributed by atoms with Crippen LogP contribution in [-0.2, 0) is 4.74 Å². The smallest absolute Gasteiger partial charge is 0.338 e. The maximum absolute atomic E-state index is 12.7. The number of esters is 1. The summed E-state index contributed by atoms with van der Waals surface area (Å²) in [5.41, 5.74) is 3.12. The number of allylic oxidation sites excluding steroid dienone is 1. The van der Waals surface area contributed by atoms with Gasteiger partial charge in [0.25, 0.3) is 0 Å². The minimum absolute atomic E-state index is 0.0324. The predicted octanol–water partition coefficient (Wildman–Crippen LogP) is 9.25. The fraction of sp³-hybridized carbons (Fsp3) is 0.735. The molecule has 1 aromatic rings. The number of rotatable bonds is 7. The van der Waals surface area contributed by atoms with E-state index in [-0.39, 0.29) is 12.1 Å². The Hall–Kier alpha value is -1.57. The molecule has 1 aromatic carbocycles. The van der Waals surface area contributed by atoms with Crippen molar-refractivity contribution in [3.05, 3.63) is 47.5 Å². The Balaban J connectivity index is 1.25. The van der Waals surface area contributed by atoms with Crippen LogP contribution in [0.15, 0.2) is 42.0 Å². The molecule has 8 atom stereocenters. The van der Waals surface area contributed by atoms with Gasteiger partial charge in [0, 0.05) is 6.42 Å². The highest BCUT2D eigenvalue weighted by molar-refractivity contribution is 5.89. The van der Waals surface area contributed by atoms with Gasteiger partial charge >= 0.3 is 5.97 Å². The van der Waals surface area contributed by atoms with Gasteiger partial charge in [-0.25, -0.2) is 4.79 Å². The summed E-state index contributed by atoms with van der Waals surface area (Å²) in [5, 5.41) is 0. The molecule has 36 heavy (non-hydrogen) atoms. The van der Waals surface area contributed by atoms with Crippen LogP contribution in [0.2, 0.25) is 0 Å². The van der Waals surface area contributed by atoms with Crippen LogP contribution in [0, 0.1) is 46.3 Å². The van der Waals surface area contributed by atoms with Gasteiger partial charge in [0.05, 0.1) is 5.56 Å². The Kier molecular flexibility index (Phi) is 7.45. The van der Waals surface area contributed by atoms with Crippen LogP contribution < -0.4 is 0 Å². The third-order valence-electron chi connectivity index (χ3n) is 11.5. The number of hydrogen-bond acceptors (Lipinski definition) is 2. The Morgan fingerprint density at radius 3 is 2.50 bits per heavy atom. The van der Waals surface area contributed by atoms with Gasteiger partial charge in [-0.3, -0.25) is 0 Å². The van der Waals surface area contributed by atoms with E-state index in [0.717, 1.165) is 48.3 Å². The van der Waals surface area contributed by atoms with Crippen molar-refractivity contribution in [1.82, 2.24) is 0 Å². The standard InChI is InChI=1S/C34H50O2/c1-23(2)10-9-11-24(3)29-16-17-30-28-15-14-26-22-27(36-32(35)25-12-7-6-8-13-25)18-20-33(26,4)31(28)19-21-34(29,30)5/h6-8,12-14,23-24,27-31H,9-11,15-22H2,1-5H3/t24-,27+,28-,29+,30+,31+,33+,34-/m1/s1. The van der Waals surface area contributed by atoms with Crippen molar-refractivity contribution in [2.75, 3.05) is 0 Å². The molecule has 0 spiro atoms. The summed E-state index contributed by atoms with van der Waals surface area (Å²) in [6.45, 7) is 12.6. The maximum atomic E-state index is 12.7. The van der Waals surface area contributed by atoms with Gasteiger partial charge in [0.15, 0.2) is 0 Å². The summed E-state index contributed by atoms with van der Waals surface area (Å²) in [5.74, 6) is 5.03. The van der Waals surface area contributed by atoms with Crippen molar-refractivity contribution < 1.29 is 9.53 Å². The number of ether oxygens (including phenoxy) is 1. The van der Waals surface area contributed by atoms with Gasteiger partial charge < -0.3 is 4.74 Å². The molecule has 2 nitrogen and oxygen atoms in total. The minimum atomic E-state index is -0.161. The fourth-order valence-electron chi connectivity index (χ4n) is 9.55. The molecule has 198 valence electrons. The molecule has 0 amide bonds. The van der Waals surface area contributed by atoms with Crippen molar-refractivity contribution in [1.29, 1.82) is 0 Å².